The molecule has 2 aromatic carbocycles. The van der Waals surface area contributed by atoms with Gasteiger partial charge in [-0.15, -0.1) is 0 Å². The Kier molecular flexibility index (Phi) is 5.79. The number of rotatable bonds is 4. The minimum Gasteiger partial charge on any atom is -0.479 e. The minimum atomic E-state index is -0.689. The number of amides is 1. The van der Waals surface area contributed by atoms with E-state index in [2.05, 4.69) is 26.1 Å². The lowest BCUT2D eigenvalue weighted by molar-refractivity contribution is -0.122. The van der Waals surface area contributed by atoms with Gasteiger partial charge < -0.3 is 10.1 Å². The number of hydrogen-bond acceptors (Lipinski definition) is 2. The van der Waals surface area contributed by atoms with Crippen molar-refractivity contribution in [3.05, 3.63) is 58.1 Å². The Hall–Kier alpha value is -1.71. The van der Waals surface area contributed by atoms with Gasteiger partial charge in [-0.25, -0.2) is 0 Å². The maximum atomic E-state index is 12.3. The van der Waals surface area contributed by atoms with E-state index < -0.39 is 6.10 Å². The number of carbonyl (C=O) groups excluding carboxylic acids is 1. The summed E-state index contributed by atoms with van der Waals surface area (Å²) >= 11 is 11.9. The molecule has 3 nitrogen and oxygen atoms in total. The fraction of sp³-hybridized carbons (Fsp3) is 0.316. The molecule has 1 amide bonds. The van der Waals surface area contributed by atoms with Crippen molar-refractivity contribution in [2.45, 2.75) is 39.2 Å². The van der Waals surface area contributed by atoms with Gasteiger partial charge in [0.25, 0.3) is 5.91 Å². The van der Waals surface area contributed by atoms with Crippen molar-refractivity contribution < 1.29 is 9.53 Å². The van der Waals surface area contributed by atoms with Gasteiger partial charge in [-0.1, -0.05) is 56.1 Å². The molecular weight excluding hydrogens is 345 g/mol. The predicted molar refractivity (Wildman–Crippen MR) is 100 cm³/mol. The number of halogens is 2. The predicted octanol–water partition coefficient (Wildman–Crippen LogP) is 5.70. The van der Waals surface area contributed by atoms with E-state index in [1.807, 2.05) is 24.3 Å². The van der Waals surface area contributed by atoms with E-state index in [0.717, 1.165) is 5.69 Å². The smallest absolute Gasteiger partial charge is 0.265 e. The molecule has 1 N–H and O–H groups in total. The van der Waals surface area contributed by atoms with Crippen LogP contribution in [0.25, 0.3) is 0 Å². The quantitative estimate of drug-likeness (QED) is 0.754. The molecule has 5 heteroatoms. The molecule has 0 radical (unpaired) electrons. The fourth-order valence-electron chi connectivity index (χ4n) is 2.11. The molecule has 0 spiro atoms. The van der Waals surface area contributed by atoms with Crippen LogP contribution >= 0.6 is 23.2 Å². The second kappa shape index (κ2) is 7.45. The highest BCUT2D eigenvalue weighted by Gasteiger charge is 2.17. The normalized spacial score (nSPS) is 12.6. The Balaban J connectivity index is 2.01. The number of hydrogen-bond donors (Lipinski definition) is 1. The van der Waals surface area contributed by atoms with Crippen LogP contribution in [0.15, 0.2) is 42.5 Å². The van der Waals surface area contributed by atoms with E-state index in [9.17, 15) is 4.79 Å². The highest BCUT2D eigenvalue weighted by molar-refractivity contribution is 6.35. The standard InChI is InChI=1S/C19H21Cl2NO2/c1-12(24-17-10-7-14(20)11-16(17)21)18(23)22-15-8-5-13(6-9-15)19(2,3)4/h5-12H,1-4H3,(H,22,23)/t12-/m0/s1. The van der Waals surface area contributed by atoms with Crippen molar-refractivity contribution in [1.29, 1.82) is 0 Å². The van der Waals surface area contributed by atoms with Crippen molar-refractivity contribution >= 4 is 34.8 Å². The summed E-state index contributed by atoms with van der Waals surface area (Å²) in [5, 5.41) is 3.73. The highest BCUT2D eigenvalue weighted by atomic mass is 35.5. The molecule has 0 fully saturated rings. The topological polar surface area (TPSA) is 38.3 Å². The van der Waals surface area contributed by atoms with E-state index >= 15 is 0 Å². The Morgan fingerprint density at radius 2 is 1.71 bits per heavy atom. The third-order valence-electron chi connectivity index (χ3n) is 3.59. The molecule has 2 aromatic rings. The molecule has 0 bridgehead atoms. The molecule has 0 heterocycles. The van der Waals surface area contributed by atoms with Crippen LogP contribution in [0.1, 0.15) is 33.3 Å². The van der Waals surface area contributed by atoms with Gasteiger partial charge in [0.2, 0.25) is 0 Å². The lowest BCUT2D eigenvalue weighted by Gasteiger charge is -2.20. The molecule has 1 atom stereocenters. The Morgan fingerprint density at radius 3 is 2.25 bits per heavy atom. The molecule has 0 saturated heterocycles. The third kappa shape index (κ3) is 4.89. The van der Waals surface area contributed by atoms with Crippen molar-refractivity contribution in [3.63, 3.8) is 0 Å². The molecule has 0 aliphatic rings. The third-order valence-corrected chi connectivity index (χ3v) is 4.12. The second-order valence-corrected chi connectivity index (χ2v) is 7.50. The van der Waals surface area contributed by atoms with Crippen LogP contribution < -0.4 is 10.1 Å². The van der Waals surface area contributed by atoms with Crippen LogP contribution in [0.2, 0.25) is 10.0 Å². The van der Waals surface area contributed by atoms with Crippen molar-refractivity contribution in [3.8, 4) is 5.75 Å². The van der Waals surface area contributed by atoms with Crippen LogP contribution in [0.5, 0.6) is 5.75 Å². The van der Waals surface area contributed by atoms with Gasteiger partial charge in [0.15, 0.2) is 6.10 Å². The zero-order valence-electron chi connectivity index (χ0n) is 14.2. The largest absolute Gasteiger partial charge is 0.479 e. The molecule has 0 aliphatic heterocycles. The zero-order valence-corrected chi connectivity index (χ0v) is 15.7. The van der Waals surface area contributed by atoms with Crippen LogP contribution in [-0.4, -0.2) is 12.0 Å². The summed E-state index contributed by atoms with van der Waals surface area (Å²) in [5.74, 6) is 0.177. The van der Waals surface area contributed by atoms with Gasteiger partial charge >= 0.3 is 0 Å². The molecule has 24 heavy (non-hydrogen) atoms. The summed E-state index contributed by atoms with van der Waals surface area (Å²) in [7, 11) is 0. The van der Waals surface area contributed by atoms with Crippen LogP contribution in [0.3, 0.4) is 0 Å². The number of carbonyl (C=O) groups is 1. The SMILES string of the molecule is C[C@H](Oc1ccc(Cl)cc1Cl)C(=O)Nc1ccc(C(C)(C)C)cc1. The maximum absolute atomic E-state index is 12.3. The highest BCUT2D eigenvalue weighted by Crippen LogP contribution is 2.28. The van der Waals surface area contributed by atoms with Gasteiger partial charge in [-0.3, -0.25) is 4.79 Å². The monoisotopic (exact) mass is 365 g/mol. The number of ether oxygens (including phenoxy) is 1. The number of anilines is 1. The average Bonchev–Trinajstić information content (AvgIpc) is 2.49. The molecule has 0 aliphatic carbocycles. The van der Waals surface area contributed by atoms with E-state index in [0.29, 0.717) is 15.8 Å². The summed E-state index contributed by atoms with van der Waals surface area (Å²) in [6.45, 7) is 8.11. The van der Waals surface area contributed by atoms with Gasteiger partial charge in [0.1, 0.15) is 5.75 Å². The average molecular weight is 366 g/mol. The van der Waals surface area contributed by atoms with E-state index in [-0.39, 0.29) is 11.3 Å². The van der Waals surface area contributed by atoms with E-state index in [1.165, 1.54) is 5.56 Å². The van der Waals surface area contributed by atoms with E-state index in [4.69, 9.17) is 27.9 Å². The first-order valence-corrected chi connectivity index (χ1v) is 8.45. The van der Waals surface area contributed by atoms with Crippen molar-refractivity contribution in [1.82, 2.24) is 0 Å². The molecule has 2 rings (SSSR count). The minimum absolute atomic E-state index is 0.0737. The first kappa shape index (κ1) is 18.6. The van der Waals surface area contributed by atoms with Crippen LogP contribution in [0, 0.1) is 0 Å². The first-order valence-electron chi connectivity index (χ1n) is 7.70. The molecule has 128 valence electrons. The van der Waals surface area contributed by atoms with Crippen LogP contribution in [0.4, 0.5) is 5.69 Å². The number of nitrogens with one attached hydrogen (secondary N) is 1. The fourth-order valence-corrected chi connectivity index (χ4v) is 2.57. The lowest BCUT2D eigenvalue weighted by atomic mass is 9.87. The number of benzene rings is 2. The summed E-state index contributed by atoms with van der Waals surface area (Å²) in [6.07, 6.45) is -0.689. The molecular formula is C19H21Cl2NO2. The molecule has 0 unspecified atom stereocenters. The summed E-state index contributed by atoms with van der Waals surface area (Å²) < 4.78 is 5.61. The van der Waals surface area contributed by atoms with Gasteiger partial charge in [-0.2, -0.15) is 0 Å². The van der Waals surface area contributed by atoms with Gasteiger partial charge in [-0.05, 0) is 48.2 Å². The molecule has 0 aromatic heterocycles. The second-order valence-electron chi connectivity index (χ2n) is 6.65. The van der Waals surface area contributed by atoms with Crippen molar-refractivity contribution in [2.24, 2.45) is 0 Å². The summed E-state index contributed by atoms with van der Waals surface area (Å²) in [6, 6.07) is 12.7. The molecule has 0 saturated carbocycles. The van der Waals surface area contributed by atoms with Gasteiger partial charge in [0.05, 0.1) is 5.02 Å². The Morgan fingerprint density at radius 1 is 1.08 bits per heavy atom. The summed E-state index contributed by atoms with van der Waals surface area (Å²) in [5.41, 5.74) is 2.01. The Bertz CT molecular complexity index is 721. The van der Waals surface area contributed by atoms with Crippen LogP contribution in [-0.2, 0) is 10.2 Å². The Labute approximate surface area is 152 Å². The first-order chi connectivity index (χ1) is 11.2. The zero-order chi connectivity index (χ0) is 17.9. The summed E-state index contributed by atoms with van der Waals surface area (Å²) in [4.78, 5) is 12.3. The van der Waals surface area contributed by atoms with Crippen molar-refractivity contribution in [2.75, 3.05) is 5.32 Å². The van der Waals surface area contributed by atoms with Gasteiger partial charge in [0, 0.05) is 10.7 Å². The van der Waals surface area contributed by atoms with E-state index in [1.54, 1.807) is 25.1 Å². The maximum Gasteiger partial charge on any atom is 0.265 e. The lowest BCUT2D eigenvalue weighted by Crippen LogP contribution is -2.30.